The Morgan fingerprint density at radius 2 is 1.88 bits per heavy atom. The van der Waals surface area contributed by atoms with E-state index in [-0.39, 0.29) is 0 Å². The van der Waals surface area contributed by atoms with Crippen LogP contribution in [-0.2, 0) is 19.3 Å². The van der Waals surface area contributed by atoms with E-state index in [1.54, 1.807) is 0 Å². The van der Waals surface area contributed by atoms with Gasteiger partial charge in [0.2, 0.25) is 5.95 Å². The summed E-state index contributed by atoms with van der Waals surface area (Å²) in [6.45, 7) is 10.8. The Bertz CT molecular complexity index is 735. The molecule has 0 aliphatic heterocycles. The van der Waals surface area contributed by atoms with Crippen molar-refractivity contribution >= 4 is 11.7 Å². The molecule has 4 nitrogen and oxygen atoms in total. The Balaban J connectivity index is 2.15. The molecule has 0 atom stereocenters. The van der Waals surface area contributed by atoms with Crippen LogP contribution < -0.4 is 5.43 Å². The number of hydrazone groups is 1. The van der Waals surface area contributed by atoms with Gasteiger partial charge in [0.15, 0.2) is 0 Å². The largest absolute Gasteiger partial charge is 0.245 e. The van der Waals surface area contributed by atoms with Crippen LogP contribution in [0, 0.1) is 5.92 Å². The first-order valence-electron chi connectivity index (χ1n) is 9.78. The summed E-state index contributed by atoms with van der Waals surface area (Å²) in [5, 5.41) is 4.52. The molecule has 0 radical (unpaired) electrons. The van der Waals surface area contributed by atoms with Gasteiger partial charge in [-0.1, -0.05) is 52.3 Å². The zero-order chi connectivity index (χ0) is 18.9. The van der Waals surface area contributed by atoms with E-state index in [0.717, 1.165) is 54.8 Å². The molecule has 140 valence electrons. The van der Waals surface area contributed by atoms with Crippen LogP contribution in [0.3, 0.4) is 0 Å². The fourth-order valence-corrected chi connectivity index (χ4v) is 2.86. The first kappa shape index (κ1) is 20.1. The predicted octanol–water partition coefficient (Wildman–Crippen LogP) is 5.42. The fraction of sp³-hybridized carbons (Fsp3) is 0.500. The number of nitrogens with one attached hydrogen (secondary N) is 1. The number of unbranched alkanes of at least 4 members (excludes halogenated alkanes) is 1. The van der Waals surface area contributed by atoms with Crippen LogP contribution in [0.1, 0.15) is 70.0 Å². The van der Waals surface area contributed by atoms with Crippen molar-refractivity contribution in [3.8, 4) is 0 Å². The van der Waals surface area contributed by atoms with Gasteiger partial charge >= 0.3 is 0 Å². The zero-order valence-corrected chi connectivity index (χ0v) is 16.8. The molecule has 0 amide bonds. The van der Waals surface area contributed by atoms with Gasteiger partial charge in [-0.2, -0.15) is 5.10 Å². The topological polar surface area (TPSA) is 50.2 Å². The van der Waals surface area contributed by atoms with E-state index in [0.29, 0.717) is 11.9 Å². The molecule has 0 unspecified atom stereocenters. The number of hydrogen-bond acceptors (Lipinski definition) is 4. The van der Waals surface area contributed by atoms with Crippen LogP contribution in [-0.4, -0.2) is 15.7 Å². The second-order valence-electron chi connectivity index (χ2n) is 7.24. The van der Waals surface area contributed by atoms with Crippen molar-refractivity contribution in [1.29, 1.82) is 0 Å². The van der Waals surface area contributed by atoms with Gasteiger partial charge in [-0.05, 0) is 61.8 Å². The van der Waals surface area contributed by atoms with Crippen molar-refractivity contribution in [1.82, 2.24) is 9.97 Å². The highest BCUT2D eigenvalue weighted by atomic mass is 15.4. The number of benzene rings is 1. The van der Waals surface area contributed by atoms with Gasteiger partial charge in [-0.25, -0.2) is 15.4 Å². The molecule has 1 heterocycles. The molecule has 0 spiro atoms. The molecule has 2 rings (SSSR count). The second kappa shape index (κ2) is 10.0. The number of rotatable bonds is 9. The molecule has 2 aromatic rings. The molecule has 4 heteroatoms. The zero-order valence-electron chi connectivity index (χ0n) is 16.8. The van der Waals surface area contributed by atoms with E-state index < -0.39 is 0 Å². The number of aryl methyl sites for hydroxylation is 2. The lowest BCUT2D eigenvalue weighted by molar-refractivity contribution is 0.647. The summed E-state index contributed by atoms with van der Waals surface area (Å²) in [6, 6.07) is 10.7. The quantitative estimate of drug-likeness (QED) is 0.484. The van der Waals surface area contributed by atoms with E-state index in [9.17, 15) is 0 Å². The van der Waals surface area contributed by atoms with E-state index in [4.69, 9.17) is 0 Å². The van der Waals surface area contributed by atoms with Crippen molar-refractivity contribution in [2.75, 3.05) is 5.43 Å². The third-order valence-electron chi connectivity index (χ3n) is 4.29. The molecule has 1 aromatic heterocycles. The Labute approximate surface area is 158 Å². The summed E-state index contributed by atoms with van der Waals surface area (Å²) in [4.78, 5) is 9.17. The van der Waals surface area contributed by atoms with E-state index in [1.807, 2.05) is 6.92 Å². The number of hydrogen-bond donors (Lipinski definition) is 1. The molecule has 0 saturated carbocycles. The third kappa shape index (κ3) is 6.25. The standard InChI is InChI=1S/C22H32N4/c1-6-8-12-21-15-20(7-2)23-22(24-21)26-25-17(5)19-11-9-10-18(14-19)13-16(3)4/h9-11,14-16H,6-8,12-13H2,1-5H3,(H,23,24,26). The molecular weight excluding hydrogens is 320 g/mol. The number of anilines is 1. The maximum absolute atomic E-state index is 4.61. The molecular formula is C22H32N4. The number of nitrogens with zero attached hydrogens (tertiary/aromatic N) is 3. The van der Waals surface area contributed by atoms with Crippen molar-refractivity contribution in [3.63, 3.8) is 0 Å². The highest BCUT2D eigenvalue weighted by Gasteiger charge is 2.05. The lowest BCUT2D eigenvalue weighted by Crippen LogP contribution is -2.06. The second-order valence-corrected chi connectivity index (χ2v) is 7.24. The smallest absolute Gasteiger partial charge is 0.243 e. The molecule has 0 fully saturated rings. The normalized spacial score (nSPS) is 11.8. The molecule has 1 N–H and O–H groups in total. The van der Waals surface area contributed by atoms with Gasteiger partial charge in [0.1, 0.15) is 0 Å². The van der Waals surface area contributed by atoms with Crippen molar-refractivity contribution in [2.45, 2.75) is 66.7 Å². The minimum atomic E-state index is 0.591. The first-order valence-corrected chi connectivity index (χ1v) is 9.78. The molecule has 0 aliphatic carbocycles. The van der Waals surface area contributed by atoms with E-state index in [1.165, 1.54) is 5.56 Å². The minimum absolute atomic E-state index is 0.591. The van der Waals surface area contributed by atoms with Crippen molar-refractivity contribution < 1.29 is 0 Å². The summed E-state index contributed by atoms with van der Waals surface area (Å²) in [5.74, 6) is 1.24. The van der Waals surface area contributed by atoms with Gasteiger partial charge in [0.25, 0.3) is 0 Å². The predicted molar refractivity (Wildman–Crippen MR) is 111 cm³/mol. The molecule has 0 saturated heterocycles. The van der Waals surface area contributed by atoms with Crippen molar-refractivity contribution in [3.05, 3.63) is 52.8 Å². The minimum Gasteiger partial charge on any atom is -0.245 e. The third-order valence-corrected chi connectivity index (χ3v) is 4.29. The molecule has 0 aliphatic rings. The van der Waals surface area contributed by atoms with Crippen LogP contribution in [0.2, 0.25) is 0 Å². The van der Waals surface area contributed by atoms with E-state index in [2.05, 4.69) is 78.5 Å². The average Bonchev–Trinajstić information content (AvgIpc) is 2.64. The monoisotopic (exact) mass is 352 g/mol. The van der Waals surface area contributed by atoms with Crippen LogP contribution in [0.25, 0.3) is 0 Å². The highest BCUT2D eigenvalue weighted by Crippen LogP contribution is 2.13. The summed E-state index contributed by atoms with van der Waals surface area (Å²) in [6.07, 6.45) is 5.27. The van der Waals surface area contributed by atoms with Crippen LogP contribution in [0.15, 0.2) is 35.4 Å². The lowest BCUT2D eigenvalue weighted by atomic mass is 10.00. The maximum Gasteiger partial charge on any atom is 0.243 e. The van der Waals surface area contributed by atoms with Gasteiger partial charge in [-0.3, -0.25) is 0 Å². The van der Waals surface area contributed by atoms with Crippen LogP contribution in [0.5, 0.6) is 0 Å². The van der Waals surface area contributed by atoms with Gasteiger partial charge < -0.3 is 0 Å². The average molecular weight is 353 g/mol. The number of aromatic nitrogens is 2. The highest BCUT2D eigenvalue weighted by molar-refractivity contribution is 5.99. The maximum atomic E-state index is 4.61. The molecule has 26 heavy (non-hydrogen) atoms. The summed E-state index contributed by atoms with van der Waals surface area (Å²) in [5.41, 5.74) is 8.63. The Morgan fingerprint density at radius 3 is 2.58 bits per heavy atom. The summed E-state index contributed by atoms with van der Waals surface area (Å²) < 4.78 is 0. The first-order chi connectivity index (χ1) is 12.5. The molecule has 0 bridgehead atoms. The Hall–Kier alpha value is -2.23. The lowest BCUT2D eigenvalue weighted by Gasteiger charge is -2.09. The molecule has 1 aromatic carbocycles. The van der Waals surface area contributed by atoms with Crippen LogP contribution in [0.4, 0.5) is 5.95 Å². The van der Waals surface area contributed by atoms with Crippen molar-refractivity contribution in [2.24, 2.45) is 11.0 Å². The van der Waals surface area contributed by atoms with E-state index >= 15 is 0 Å². The van der Waals surface area contributed by atoms with Crippen LogP contribution >= 0.6 is 0 Å². The SMILES string of the molecule is CCCCc1cc(CC)nc(NN=C(C)c2cccc(CC(C)C)c2)n1. The van der Waals surface area contributed by atoms with Gasteiger partial charge in [-0.15, -0.1) is 0 Å². The van der Waals surface area contributed by atoms with Gasteiger partial charge in [0.05, 0.1) is 5.71 Å². The Kier molecular flexibility index (Phi) is 7.76. The summed E-state index contributed by atoms with van der Waals surface area (Å²) >= 11 is 0. The fourth-order valence-electron chi connectivity index (χ4n) is 2.86. The summed E-state index contributed by atoms with van der Waals surface area (Å²) in [7, 11) is 0. The Morgan fingerprint density at radius 1 is 1.12 bits per heavy atom. The van der Waals surface area contributed by atoms with Gasteiger partial charge in [0, 0.05) is 11.4 Å².